The van der Waals surface area contributed by atoms with Crippen molar-refractivity contribution in [2.45, 2.75) is 19.1 Å². The van der Waals surface area contributed by atoms with Crippen LogP contribution >= 0.6 is 11.6 Å². The van der Waals surface area contributed by atoms with E-state index in [1.54, 1.807) is 6.20 Å². The van der Waals surface area contributed by atoms with Crippen molar-refractivity contribution in [3.8, 4) is 0 Å². The molecule has 0 spiro atoms. The number of sulfonamides is 1. The molecule has 1 N–H and O–H groups in total. The second-order valence-electron chi connectivity index (χ2n) is 5.80. The molecule has 2 aromatic rings. The molecule has 124 valence electrons. The number of hydrogen-bond acceptors (Lipinski definition) is 4. The van der Waals surface area contributed by atoms with Crippen molar-refractivity contribution in [2.24, 2.45) is 0 Å². The molecule has 23 heavy (non-hydrogen) atoms. The van der Waals surface area contributed by atoms with Gasteiger partial charge in [-0.2, -0.15) is 5.10 Å². The van der Waals surface area contributed by atoms with Crippen molar-refractivity contribution in [2.75, 3.05) is 19.3 Å². The molecular formula is C15H19ClN4O2S. The van der Waals surface area contributed by atoms with Gasteiger partial charge in [0.05, 0.1) is 18.0 Å². The largest absolute Gasteiger partial charge is 0.291 e. The van der Waals surface area contributed by atoms with Crippen molar-refractivity contribution in [3.63, 3.8) is 0 Å². The van der Waals surface area contributed by atoms with Crippen LogP contribution in [0.3, 0.4) is 0 Å². The Balaban J connectivity index is 1.76. The average Bonchev–Trinajstić information content (AvgIpc) is 2.95. The highest BCUT2D eigenvalue weighted by Crippen LogP contribution is 2.24. The molecule has 0 unspecified atom stereocenters. The highest BCUT2D eigenvalue weighted by molar-refractivity contribution is 7.88. The first-order valence-corrected chi connectivity index (χ1v) is 9.62. The van der Waals surface area contributed by atoms with Crippen LogP contribution in [0.1, 0.15) is 17.3 Å². The summed E-state index contributed by atoms with van der Waals surface area (Å²) < 4.78 is 27.2. The van der Waals surface area contributed by atoms with Gasteiger partial charge in [-0.15, -0.1) is 0 Å². The number of rotatable bonds is 5. The number of aromatic nitrogens is 2. The van der Waals surface area contributed by atoms with Crippen molar-refractivity contribution < 1.29 is 8.42 Å². The average molecular weight is 355 g/mol. The predicted octanol–water partition coefficient (Wildman–Crippen LogP) is 1.64. The first kappa shape index (κ1) is 16.4. The Hall–Kier alpha value is -1.41. The number of fused-ring (bicyclic) bond motifs is 1. The Bertz CT molecular complexity index is 790. The Kier molecular flexibility index (Phi) is 4.72. The molecule has 0 amide bonds. The van der Waals surface area contributed by atoms with Gasteiger partial charge in [0.15, 0.2) is 0 Å². The normalized spacial score (nSPS) is 18.8. The first-order chi connectivity index (χ1) is 10.9. The third-order valence-electron chi connectivity index (χ3n) is 3.89. The maximum Gasteiger partial charge on any atom is 0.208 e. The molecule has 2 heterocycles. The molecule has 0 fully saturated rings. The van der Waals surface area contributed by atoms with Gasteiger partial charge < -0.3 is 0 Å². The molecule has 1 aliphatic rings. The molecule has 6 nitrogen and oxygen atoms in total. The summed E-state index contributed by atoms with van der Waals surface area (Å²) in [6, 6.07) is 9.71. The Morgan fingerprint density at radius 3 is 2.87 bits per heavy atom. The zero-order chi connectivity index (χ0) is 16.4. The molecule has 1 atom stereocenters. The molecule has 3 rings (SSSR count). The van der Waals surface area contributed by atoms with E-state index in [0.717, 1.165) is 29.4 Å². The van der Waals surface area contributed by atoms with Crippen LogP contribution in [0.2, 0.25) is 5.02 Å². The summed E-state index contributed by atoms with van der Waals surface area (Å²) in [6.45, 7) is 2.52. The summed E-state index contributed by atoms with van der Waals surface area (Å²) in [5.41, 5.74) is 2.14. The lowest BCUT2D eigenvalue weighted by Crippen LogP contribution is -2.42. The lowest BCUT2D eigenvalue weighted by molar-refractivity contribution is 0.168. The zero-order valence-corrected chi connectivity index (χ0v) is 14.4. The van der Waals surface area contributed by atoms with Gasteiger partial charge in [0, 0.05) is 37.4 Å². The fraction of sp³-hybridized carbons (Fsp3) is 0.400. The summed E-state index contributed by atoms with van der Waals surface area (Å²) in [5.74, 6) is 0. The van der Waals surface area contributed by atoms with E-state index in [-0.39, 0.29) is 6.04 Å². The summed E-state index contributed by atoms with van der Waals surface area (Å²) in [6.07, 6.45) is 2.92. The minimum absolute atomic E-state index is 0.0361. The predicted molar refractivity (Wildman–Crippen MR) is 89.7 cm³/mol. The van der Waals surface area contributed by atoms with Crippen LogP contribution in [0.5, 0.6) is 0 Å². The minimum atomic E-state index is -3.22. The fourth-order valence-corrected chi connectivity index (χ4v) is 3.54. The SMILES string of the molecule is CS(=O)(=O)NC[C@@H]1CN(Cc2ccccc2Cl)Cc2ccnn21. The maximum absolute atomic E-state index is 11.4. The van der Waals surface area contributed by atoms with E-state index < -0.39 is 10.0 Å². The third-order valence-corrected chi connectivity index (χ3v) is 4.95. The summed E-state index contributed by atoms with van der Waals surface area (Å²) in [5, 5.41) is 5.07. The number of halogens is 1. The van der Waals surface area contributed by atoms with Crippen molar-refractivity contribution in [1.82, 2.24) is 19.4 Å². The van der Waals surface area contributed by atoms with Gasteiger partial charge in [-0.25, -0.2) is 13.1 Å². The van der Waals surface area contributed by atoms with Gasteiger partial charge in [-0.1, -0.05) is 29.8 Å². The second kappa shape index (κ2) is 6.60. The second-order valence-corrected chi connectivity index (χ2v) is 8.04. The van der Waals surface area contributed by atoms with E-state index in [0.29, 0.717) is 13.1 Å². The van der Waals surface area contributed by atoms with Gasteiger partial charge in [-0.05, 0) is 17.7 Å². The standard InChI is InChI=1S/C15H19ClN4O2S/c1-23(21,22)18-8-14-11-19(10-13-6-7-17-20(13)14)9-12-4-2-3-5-15(12)16/h2-7,14,18H,8-11H2,1H3/t14-/m1/s1. The highest BCUT2D eigenvalue weighted by atomic mass is 35.5. The molecular weight excluding hydrogens is 336 g/mol. The van der Waals surface area contributed by atoms with E-state index >= 15 is 0 Å². The quantitative estimate of drug-likeness (QED) is 0.886. The molecule has 0 saturated carbocycles. The van der Waals surface area contributed by atoms with E-state index in [9.17, 15) is 8.42 Å². The van der Waals surface area contributed by atoms with Gasteiger partial charge in [0.1, 0.15) is 0 Å². The van der Waals surface area contributed by atoms with Crippen LogP contribution in [0, 0.1) is 0 Å². The smallest absolute Gasteiger partial charge is 0.208 e. The van der Waals surface area contributed by atoms with Crippen molar-refractivity contribution in [3.05, 3.63) is 52.8 Å². The molecule has 1 aromatic heterocycles. The number of hydrogen-bond donors (Lipinski definition) is 1. The summed E-state index contributed by atoms with van der Waals surface area (Å²) in [4.78, 5) is 2.26. The number of nitrogens with one attached hydrogen (secondary N) is 1. The van der Waals surface area contributed by atoms with Crippen LogP contribution in [0.4, 0.5) is 0 Å². The zero-order valence-electron chi connectivity index (χ0n) is 12.8. The molecule has 0 saturated heterocycles. The molecule has 1 aliphatic heterocycles. The van der Waals surface area contributed by atoms with Crippen molar-refractivity contribution in [1.29, 1.82) is 0 Å². The molecule has 1 aromatic carbocycles. The van der Waals surface area contributed by atoms with Crippen LogP contribution in [0.25, 0.3) is 0 Å². The monoisotopic (exact) mass is 354 g/mol. The molecule has 0 aliphatic carbocycles. The summed E-state index contributed by atoms with van der Waals surface area (Å²) in [7, 11) is -3.22. The minimum Gasteiger partial charge on any atom is -0.291 e. The van der Waals surface area contributed by atoms with Crippen LogP contribution in [0.15, 0.2) is 36.5 Å². The van der Waals surface area contributed by atoms with E-state index in [2.05, 4.69) is 14.7 Å². The highest BCUT2D eigenvalue weighted by Gasteiger charge is 2.26. The summed E-state index contributed by atoms with van der Waals surface area (Å²) >= 11 is 6.24. The Labute approximate surface area is 141 Å². The Morgan fingerprint density at radius 1 is 1.35 bits per heavy atom. The van der Waals surface area contributed by atoms with Crippen molar-refractivity contribution >= 4 is 21.6 Å². The van der Waals surface area contributed by atoms with E-state index in [4.69, 9.17) is 11.6 Å². The van der Waals surface area contributed by atoms with Gasteiger partial charge in [0.2, 0.25) is 10.0 Å². The third kappa shape index (κ3) is 4.11. The maximum atomic E-state index is 11.4. The van der Waals surface area contributed by atoms with Gasteiger partial charge in [-0.3, -0.25) is 9.58 Å². The first-order valence-electron chi connectivity index (χ1n) is 7.35. The molecule has 0 radical (unpaired) electrons. The Morgan fingerprint density at radius 2 is 2.13 bits per heavy atom. The number of benzene rings is 1. The van der Waals surface area contributed by atoms with Crippen LogP contribution in [-0.2, 0) is 23.1 Å². The topological polar surface area (TPSA) is 67.2 Å². The van der Waals surface area contributed by atoms with Crippen LogP contribution in [-0.4, -0.2) is 42.4 Å². The number of nitrogens with zero attached hydrogens (tertiary/aromatic N) is 3. The lowest BCUT2D eigenvalue weighted by Gasteiger charge is -2.34. The molecule has 0 bridgehead atoms. The van der Waals surface area contributed by atoms with Crippen LogP contribution < -0.4 is 4.72 Å². The van der Waals surface area contributed by atoms with Gasteiger partial charge >= 0.3 is 0 Å². The lowest BCUT2D eigenvalue weighted by atomic mass is 10.1. The molecule has 8 heteroatoms. The van der Waals surface area contributed by atoms with E-state index in [1.165, 1.54) is 6.26 Å². The van der Waals surface area contributed by atoms with E-state index in [1.807, 2.05) is 35.0 Å². The fourth-order valence-electron chi connectivity index (χ4n) is 2.85. The van der Waals surface area contributed by atoms with Gasteiger partial charge in [0.25, 0.3) is 0 Å².